The Morgan fingerprint density at radius 2 is 2.19 bits per heavy atom. The van der Waals surface area contributed by atoms with Crippen LogP contribution in [0.3, 0.4) is 0 Å². The first-order valence-corrected chi connectivity index (χ1v) is 7.53. The number of hydrogen-bond acceptors (Lipinski definition) is 4. The Balaban J connectivity index is 1.72. The van der Waals surface area contributed by atoms with E-state index in [9.17, 15) is 4.79 Å². The van der Waals surface area contributed by atoms with Gasteiger partial charge in [0.05, 0.1) is 6.04 Å². The molecular weight excluding hydrogens is 290 g/mol. The zero-order valence-electron chi connectivity index (χ0n) is 11.9. The highest BCUT2D eigenvalue weighted by Crippen LogP contribution is 2.30. The number of amides is 1. The molecule has 3 rings (SSSR count). The van der Waals surface area contributed by atoms with E-state index in [0.717, 1.165) is 29.8 Å². The standard InChI is InChI=1S/C15H18ClN3O2/c1-9(17)15(20)19-6-4-10(5-7-19)14-18-12-8-11(16)2-3-13(12)21-14/h2-3,8-10H,4-7,17H2,1H3/t9-/m1/s1. The predicted octanol–water partition coefficient (Wildman–Crippen LogP) is 2.53. The van der Waals surface area contributed by atoms with Crippen LogP contribution in [0.5, 0.6) is 0 Å². The molecule has 1 aliphatic heterocycles. The minimum Gasteiger partial charge on any atom is -0.440 e. The number of likely N-dealkylation sites (tertiary alicyclic amines) is 1. The first kappa shape index (κ1) is 14.4. The van der Waals surface area contributed by atoms with E-state index in [4.69, 9.17) is 21.8 Å². The summed E-state index contributed by atoms with van der Waals surface area (Å²) < 4.78 is 5.81. The Bertz CT molecular complexity index is 660. The second-order valence-corrected chi connectivity index (χ2v) is 5.99. The summed E-state index contributed by atoms with van der Waals surface area (Å²) in [6.07, 6.45) is 1.69. The molecule has 0 saturated carbocycles. The summed E-state index contributed by atoms with van der Waals surface area (Å²) in [5, 5.41) is 0.652. The van der Waals surface area contributed by atoms with E-state index >= 15 is 0 Å². The molecule has 5 nitrogen and oxygen atoms in total. The fraction of sp³-hybridized carbons (Fsp3) is 0.467. The van der Waals surface area contributed by atoms with Crippen molar-refractivity contribution in [2.24, 2.45) is 5.73 Å². The van der Waals surface area contributed by atoms with E-state index in [2.05, 4.69) is 4.98 Å². The minimum atomic E-state index is -0.437. The molecule has 2 N–H and O–H groups in total. The average Bonchev–Trinajstić information content (AvgIpc) is 2.89. The lowest BCUT2D eigenvalue weighted by atomic mass is 9.96. The summed E-state index contributed by atoms with van der Waals surface area (Å²) in [7, 11) is 0. The van der Waals surface area contributed by atoms with Gasteiger partial charge in [-0.05, 0) is 38.0 Å². The topological polar surface area (TPSA) is 72.4 Å². The second-order valence-electron chi connectivity index (χ2n) is 5.55. The summed E-state index contributed by atoms with van der Waals surface area (Å²) in [6.45, 7) is 3.12. The van der Waals surface area contributed by atoms with Crippen LogP contribution in [0.4, 0.5) is 0 Å². The molecule has 1 fully saturated rings. The monoisotopic (exact) mass is 307 g/mol. The quantitative estimate of drug-likeness (QED) is 0.925. The molecule has 1 amide bonds. The Kier molecular flexibility index (Phi) is 3.87. The summed E-state index contributed by atoms with van der Waals surface area (Å²) in [5.74, 6) is 0.992. The lowest BCUT2D eigenvalue weighted by Crippen LogP contribution is -2.45. The van der Waals surface area contributed by atoms with Gasteiger partial charge in [0.25, 0.3) is 0 Å². The van der Waals surface area contributed by atoms with Crippen LogP contribution in [0.25, 0.3) is 11.1 Å². The highest BCUT2D eigenvalue weighted by atomic mass is 35.5. The van der Waals surface area contributed by atoms with Gasteiger partial charge >= 0.3 is 0 Å². The van der Waals surface area contributed by atoms with Gasteiger partial charge in [0.2, 0.25) is 5.91 Å². The number of aromatic nitrogens is 1. The number of benzene rings is 1. The van der Waals surface area contributed by atoms with Crippen LogP contribution in [0.1, 0.15) is 31.6 Å². The van der Waals surface area contributed by atoms with Gasteiger partial charge in [-0.25, -0.2) is 4.98 Å². The van der Waals surface area contributed by atoms with Gasteiger partial charge in [0, 0.05) is 24.0 Å². The number of nitrogens with two attached hydrogens (primary N) is 1. The van der Waals surface area contributed by atoms with E-state index < -0.39 is 6.04 Å². The normalized spacial score (nSPS) is 18.1. The van der Waals surface area contributed by atoms with Crippen molar-refractivity contribution in [1.29, 1.82) is 0 Å². The van der Waals surface area contributed by atoms with Crippen molar-refractivity contribution in [3.8, 4) is 0 Å². The minimum absolute atomic E-state index is 0.0118. The highest BCUT2D eigenvalue weighted by Gasteiger charge is 2.28. The maximum Gasteiger partial charge on any atom is 0.239 e. The molecule has 112 valence electrons. The van der Waals surface area contributed by atoms with Crippen molar-refractivity contribution in [2.45, 2.75) is 31.7 Å². The Morgan fingerprint density at radius 1 is 1.48 bits per heavy atom. The largest absolute Gasteiger partial charge is 0.440 e. The van der Waals surface area contributed by atoms with Crippen molar-refractivity contribution in [2.75, 3.05) is 13.1 Å². The van der Waals surface area contributed by atoms with Gasteiger partial charge in [0.1, 0.15) is 5.52 Å². The Labute approximate surface area is 128 Å². The van der Waals surface area contributed by atoms with Crippen LogP contribution in [-0.2, 0) is 4.79 Å². The van der Waals surface area contributed by atoms with E-state index in [0.29, 0.717) is 18.1 Å². The zero-order valence-corrected chi connectivity index (χ0v) is 12.6. The molecule has 6 heteroatoms. The van der Waals surface area contributed by atoms with Crippen LogP contribution >= 0.6 is 11.6 Å². The number of halogens is 1. The fourth-order valence-electron chi connectivity index (χ4n) is 2.73. The Morgan fingerprint density at radius 3 is 2.86 bits per heavy atom. The van der Waals surface area contributed by atoms with Gasteiger partial charge in [-0.1, -0.05) is 11.6 Å². The molecule has 1 saturated heterocycles. The summed E-state index contributed by atoms with van der Waals surface area (Å²) in [5.41, 5.74) is 7.18. The molecule has 1 aromatic heterocycles. The molecule has 0 spiro atoms. The zero-order chi connectivity index (χ0) is 15.0. The van der Waals surface area contributed by atoms with Gasteiger partial charge in [-0.15, -0.1) is 0 Å². The number of carbonyl (C=O) groups is 1. The van der Waals surface area contributed by atoms with Gasteiger partial charge in [0.15, 0.2) is 11.5 Å². The van der Waals surface area contributed by atoms with Crippen LogP contribution < -0.4 is 5.73 Å². The molecule has 1 aromatic carbocycles. The first-order valence-electron chi connectivity index (χ1n) is 7.15. The van der Waals surface area contributed by atoms with E-state index in [1.54, 1.807) is 19.1 Å². The third-order valence-electron chi connectivity index (χ3n) is 3.91. The molecule has 1 atom stereocenters. The third kappa shape index (κ3) is 2.89. The molecule has 2 aromatic rings. The van der Waals surface area contributed by atoms with Gasteiger partial charge in [-0.3, -0.25) is 4.79 Å². The molecule has 1 aliphatic rings. The fourth-order valence-corrected chi connectivity index (χ4v) is 2.89. The maximum absolute atomic E-state index is 11.9. The smallest absolute Gasteiger partial charge is 0.239 e. The van der Waals surface area contributed by atoms with Crippen LogP contribution in [-0.4, -0.2) is 34.9 Å². The first-order chi connectivity index (χ1) is 10.0. The lowest BCUT2D eigenvalue weighted by molar-refractivity contribution is -0.133. The molecule has 21 heavy (non-hydrogen) atoms. The van der Waals surface area contributed by atoms with Crippen molar-refractivity contribution < 1.29 is 9.21 Å². The average molecular weight is 308 g/mol. The predicted molar refractivity (Wildman–Crippen MR) is 81.2 cm³/mol. The molecular formula is C15H18ClN3O2. The number of oxazole rings is 1. The number of rotatable bonds is 2. The van der Waals surface area contributed by atoms with Crippen molar-refractivity contribution in [3.05, 3.63) is 29.1 Å². The summed E-state index contributed by atoms with van der Waals surface area (Å²) >= 11 is 5.96. The second kappa shape index (κ2) is 5.66. The Hall–Kier alpha value is -1.59. The van der Waals surface area contributed by atoms with Crippen molar-refractivity contribution >= 4 is 28.6 Å². The van der Waals surface area contributed by atoms with Crippen LogP contribution in [0, 0.1) is 0 Å². The molecule has 0 unspecified atom stereocenters. The highest BCUT2D eigenvalue weighted by molar-refractivity contribution is 6.31. The summed E-state index contributed by atoms with van der Waals surface area (Å²) in [6, 6.07) is 5.00. The summed E-state index contributed by atoms with van der Waals surface area (Å²) in [4.78, 5) is 18.2. The van der Waals surface area contributed by atoms with Crippen molar-refractivity contribution in [1.82, 2.24) is 9.88 Å². The van der Waals surface area contributed by atoms with E-state index in [1.807, 2.05) is 11.0 Å². The number of fused-ring (bicyclic) bond motifs is 1. The van der Waals surface area contributed by atoms with Crippen LogP contribution in [0.2, 0.25) is 5.02 Å². The third-order valence-corrected chi connectivity index (χ3v) is 4.15. The van der Waals surface area contributed by atoms with Gasteiger partial charge < -0.3 is 15.1 Å². The van der Waals surface area contributed by atoms with Gasteiger partial charge in [-0.2, -0.15) is 0 Å². The number of hydrogen-bond donors (Lipinski definition) is 1. The molecule has 0 aliphatic carbocycles. The number of piperidine rings is 1. The maximum atomic E-state index is 11.9. The van der Waals surface area contributed by atoms with E-state index in [-0.39, 0.29) is 11.8 Å². The van der Waals surface area contributed by atoms with E-state index in [1.165, 1.54) is 0 Å². The van der Waals surface area contributed by atoms with Crippen molar-refractivity contribution in [3.63, 3.8) is 0 Å². The number of carbonyl (C=O) groups excluding carboxylic acids is 1. The molecule has 2 heterocycles. The van der Waals surface area contributed by atoms with Crippen LogP contribution in [0.15, 0.2) is 22.6 Å². The SMILES string of the molecule is C[C@@H](N)C(=O)N1CCC(c2nc3cc(Cl)ccc3o2)CC1. The lowest BCUT2D eigenvalue weighted by Gasteiger charge is -2.31. The molecule has 0 bridgehead atoms. The molecule has 0 radical (unpaired) electrons. The number of nitrogens with zero attached hydrogens (tertiary/aromatic N) is 2.